The third-order valence-corrected chi connectivity index (χ3v) is 3.87. The number of anilines is 1. The fourth-order valence-electron chi connectivity index (χ4n) is 2.83. The molecule has 0 spiro atoms. The molecule has 2 nitrogen and oxygen atoms in total. The molecule has 0 amide bonds. The molecular formula is C15H22F2N2. The van der Waals surface area contributed by atoms with Crippen molar-refractivity contribution >= 4 is 5.69 Å². The van der Waals surface area contributed by atoms with Crippen LogP contribution in [0.1, 0.15) is 31.7 Å². The first kappa shape index (κ1) is 14.3. The van der Waals surface area contributed by atoms with Gasteiger partial charge in [-0.1, -0.05) is 13.3 Å². The molecule has 1 aromatic rings. The minimum atomic E-state index is -0.443. The molecular weight excluding hydrogens is 246 g/mol. The van der Waals surface area contributed by atoms with Gasteiger partial charge in [0.05, 0.1) is 0 Å². The van der Waals surface area contributed by atoms with E-state index in [0.717, 1.165) is 32.4 Å². The molecule has 1 aromatic carbocycles. The first-order valence-electron chi connectivity index (χ1n) is 7.03. The lowest BCUT2D eigenvalue weighted by molar-refractivity contribution is 0.397. The van der Waals surface area contributed by atoms with Crippen LogP contribution in [0.5, 0.6) is 0 Å². The molecule has 1 aliphatic rings. The maximum atomic E-state index is 14.1. The molecule has 0 aromatic heterocycles. The van der Waals surface area contributed by atoms with Crippen molar-refractivity contribution in [2.24, 2.45) is 5.92 Å². The Kier molecular flexibility index (Phi) is 4.75. The van der Waals surface area contributed by atoms with Gasteiger partial charge in [0.1, 0.15) is 17.3 Å². The van der Waals surface area contributed by atoms with Crippen molar-refractivity contribution in [1.29, 1.82) is 0 Å². The van der Waals surface area contributed by atoms with Gasteiger partial charge in [-0.05, 0) is 43.5 Å². The summed E-state index contributed by atoms with van der Waals surface area (Å²) in [6.07, 6.45) is 3.24. The summed E-state index contributed by atoms with van der Waals surface area (Å²) in [5.41, 5.74) is 0.795. The molecule has 0 saturated carbocycles. The van der Waals surface area contributed by atoms with E-state index in [9.17, 15) is 8.78 Å². The highest BCUT2D eigenvalue weighted by molar-refractivity contribution is 5.51. The van der Waals surface area contributed by atoms with E-state index in [4.69, 9.17) is 0 Å². The van der Waals surface area contributed by atoms with Crippen LogP contribution in [0.15, 0.2) is 12.1 Å². The summed E-state index contributed by atoms with van der Waals surface area (Å²) < 4.78 is 28.3. The number of benzene rings is 1. The predicted octanol–water partition coefficient (Wildman–Crippen LogP) is 3.31. The van der Waals surface area contributed by atoms with Gasteiger partial charge in [0.25, 0.3) is 0 Å². The predicted molar refractivity (Wildman–Crippen MR) is 74.3 cm³/mol. The lowest BCUT2D eigenvalue weighted by atomic mass is 9.95. The summed E-state index contributed by atoms with van der Waals surface area (Å²) in [4.78, 5) is 1.87. The molecule has 1 saturated heterocycles. The maximum absolute atomic E-state index is 14.1. The van der Waals surface area contributed by atoms with Gasteiger partial charge in [0, 0.05) is 19.6 Å². The van der Waals surface area contributed by atoms with Gasteiger partial charge >= 0.3 is 0 Å². The molecule has 1 N–H and O–H groups in total. The minimum Gasteiger partial charge on any atom is -0.367 e. The largest absolute Gasteiger partial charge is 0.367 e. The molecule has 1 heterocycles. The average molecular weight is 268 g/mol. The normalized spacial score (nSPS) is 19.8. The Bertz CT molecular complexity index is 411. The van der Waals surface area contributed by atoms with E-state index in [-0.39, 0.29) is 5.69 Å². The Hall–Kier alpha value is -1.16. The van der Waals surface area contributed by atoms with Crippen LogP contribution >= 0.6 is 0 Å². The summed E-state index contributed by atoms with van der Waals surface area (Å²) in [7, 11) is 1.76. The number of hydrogen-bond acceptors (Lipinski definition) is 2. The zero-order valence-electron chi connectivity index (χ0n) is 11.7. The second kappa shape index (κ2) is 6.33. The Labute approximate surface area is 113 Å². The molecule has 2 rings (SSSR count). The van der Waals surface area contributed by atoms with Crippen LogP contribution in [0, 0.1) is 17.6 Å². The molecule has 19 heavy (non-hydrogen) atoms. The highest BCUT2D eigenvalue weighted by atomic mass is 19.1. The van der Waals surface area contributed by atoms with E-state index in [2.05, 4.69) is 12.2 Å². The second-order valence-corrected chi connectivity index (χ2v) is 5.30. The van der Waals surface area contributed by atoms with Crippen LogP contribution in [0.25, 0.3) is 0 Å². The number of piperidine rings is 1. The van der Waals surface area contributed by atoms with Gasteiger partial charge in [-0.25, -0.2) is 8.78 Å². The number of hydrogen-bond donors (Lipinski definition) is 1. The van der Waals surface area contributed by atoms with Crippen LogP contribution in [0.3, 0.4) is 0 Å². The quantitative estimate of drug-likeness (QED) is 0.901. The van der Waals surface area contributed by atoms with Crippen molar-refractivity contribution in [3.8, 4) is 0 Å². The van der Waals surface area contributed by atoms with Gasteiger partial charge in [-0.3, -0.25) is 0 Å². The minimum absolute atomic E-state index is 0.151. The molecule has 0 radical (unpaired) electrons. The Balaban J connectivity index is 2.24. The monoisotopic (exact) mass is 268 g/mol. The maximum Gasteiger partial charge on any atom is 0.149 e. The number of rotatable bonds is 4. The fourth-order valence-corrected chi connectivity index (χ4v) is 2.83. The lowest BCUT2D eigenvalue weighted by Gasteiger charge is -2.34. The van der Waals surface area contributed by atoms with E-state index in [1.54, 1.807) is 7.05 Å². The molecule has 4 heteroatoms. The summed E-state index contributed by atoms with van der Waals surface area (Å²) in [5.74, 6) is -0.339. The van der Waals surface area contributed by atoms with Crippen LogP contribution in [-0.4, -0.2) is 20.1 Å². The van der Waals surface area contributed by atoms with E-state index in [1.165, 1.54) is 12.1 Å². The molecule has 106 valence electrons. The first-order chi connectivity index (χ1) is 9.15. The topological polar surface area (TPSA) is 15.3 Å². The van der Waals surface area contributed by atoms with Gasteiger partial charge < -0.3 is 10.2 Å². The summed E-state index contributed by atoms with van der Waals surface area (Å²) >= 11 is 0. The van der Waals surface area contributed by atoms with E-state index >= 15 is 0 Å². The van der Waals surface area contributed by atoms with Crippen molar-refractivity contribution in [3.63, 3.8) is 0 Å². The third-order valence-electron chi connectivity index (χ3n) is 3.87. The fraction of sp³-hybridized carbons (Fsp3) is 0.600. The van der Waals surface area contributed by atoms with Crippen molar-refractivity contribution in [2.45, 2.75) is 32.7 Å². The first-order valence-corrected chi connectivity index (χ1v) is 7.03. The van der Waals surface area contributed by atoms with Crippen LogP contribution in [0.2, 0.25) is 0 Å². The molecule has 1 fully saturated rings. The van der Waals surface area contributed by atoms with Crippen molar-refractivity contribution in [2.75, 3.05) is 25.0 Å². The summed E-state index contributed by atoms with van der Waals surface area (Å²) in [6.45, 7) is 4.12. The summed E-state index contributed by atoms with van der Waals surface area (Å²) in [5, 5.41) is 2.91. The lowest BCUT2D eigenvalue weighted by Crippen LogP contribution is -2.36. The highest BCUT2D eigenvalue weighted by Crippen LogP contribution is 2.30. The number of nitrogens with zero attached hydrogens (tertiary/aromatic N) is 1. The second-order valence-electron chi connectivity index (χ2n) is 5.30. The van der Waals surface area contributed by atoms with Gasteiger partial charge in [0.15, 0.2) is 0 Å². The van der Waals surface area contributed by atoms with E-state index in [0.29, 0.717) is 18.0 Å². The Morgan fingerprint density at radius 3 is 2.58 bits per heavy atom. The molecule has 1 atom stereocenters. The summed E-state index contributed by atoms with van der Waals surface area (Å²) in [6, 6.07) is 2.87. The smallest absolute Gasteiger partial charge is 0.149 e. The molecule has 0 bridgehead atoms. The van der Waals surface area contributed by atoms with Gasteiger partial charge in [0.2, 0.25) is 0 Å². The van der Waals surface area contributed by atoms with Crippen molar-refractivity contribution in [1.82, 2.24) is 5.32 Å². The third kappa shape index (κ3) is 3.24. The van der Waals surface area contributed by atoms with Crippen LogP contribution in [-0.2, 0) is 6.54 Å². The number of nitrogens with one attached hydrogen (secondary N) is 1. The zero-order chi connectivity index (χ0) is 13.8. The number of halogens is 2. The Morgan fingerprint density at radius 1 is 1.32 bits per heavy atom. The zero-order valence-corrected chi connectivity index (χ0v) is 11.7. The highest BCUT2D eigenvalue weighted by Gasteiger charge is 2.24. The molecule has 1 aliphatic heterocycles. The van der Waals surface area contributed by atoms with Crippen LogP contribution < -0.4 is 10.2 Å². The van der Waals surface area contributed by atoms with Gasteiger partial charge in [-0.15, -0.1) is 0 Å². The molecule has 0 aliphatic carbocycles. The molecule has 1 unspecified atom stereocenters. The van der Waals surface area contributed by atoms with Gasteiger partial charge in [-0.2, -0.15) is 0 Å². The standard InChI is InChI=1S/C15H22F2N2/c1-3-11-5-4-6-19(10-11)15-13(16)7-12(9-18-2)8-14(15)17/h7-8,11,18H,3-6,9-10H2,1-2H3. The van der Waals surface area contributed by atoms with Crippen molar-refractivity contribution < 1.29 is 8.78 Å². The SMILES string of the molecule is CCC1CCCN(c2c(F)cc(CNC)cc2F)C1. The Morgan fingerprint density at radius 2 is 2.00 bits per heavy atom. The van der Waals surface area contributed by atoms with E-state index < -0.39 is 11.6 Å². The average Bonchev–Trinajstić information content (AvgIpc) is 2.38. The van der Waals surface area contributed by atoms with E-state index in [1.807, 2.05) is 4.90 Å². The van der Waals surface area contributed by atoms with Crippen LogP contribution in [0.4, 0.5) is 14.5 Å². The van der Waals surface area contributed by atoms with Crippen molar-refractivity contribution in [3.05, 3.63) is 29.3 Å².